The summed E-state index contributed by atoms with van der Waals surface area (Å²) >= 11 is 6.16. The molecule has 0 spiro atoms. The van der Waals surface area contributed by atoms with Gasteiger partial charge < -0.3 is 14.6 Å². The zero-order valence-electron chi connectivity index (χ0n) is 12.2. The molecule has 2 aromatic carbocycles. The maximum Gasteiger partial charge on any atom is 0.146 e. The van der Waals surface area contributed by atoms with Gasteiger partial charge in [-0.15, -0.1) is 0 Å². The van der Waals surface area contributed by atoms with Gasteiger partial charge in [0.2, 0.25) is 0 Å². The minimum absolute atomic E-state index is 0.472. The zero-order chi connectivity index (χ0) is 15.2. The van der Waals surface area contributed by atoms with Crippen molar-refractivity contribution in [3.05, 3.63) is 53.1 Å². The van der Waals surface area contributed by atoms with Crippen molar-refractivity contribution in [1.29, 1.82) is 0 Å². The maximum absolute atomic E-state index is 9.52. The standard InChI is InChI=1S/C17H19ClO3/c1-3-10-20-14-5-7-15(8-6-14)21-17-9-4-13(12(2)19)11-16(17)18/h4-9,11-12,19H,3,10H2,1-2H3/t12-/m0/s1. The van der Waals surface area contributed by atoms with Crippen LogP contribution in [0.5, 0.6) is 17.2 Å². The molecule has 0 amide bonds. The van der Waals surface area contributed by atoms with Gasteiger partial charge in [0, 0.05) is 0 Å². The second-order valence-electron chi connectivity index (χ2n) is 4.79. The van der Waals surface area contributed by atoms with E-state index >= 15 is 0 Å². The average molecular weight is 307 g/mol. The van der Waals surface area contributed by atoms with Crippen molar-refractivity contribution in [3.8, 4) is 17.2 Å². The van der Waals surface area contributed by atoms with E-state index in [0.29, 0.717) is 23.1 Å². The van der Waals surface area contributed by atoms with Crippen LogP contribution in [0.25, 0.3) is 0 Å². The molecule has 0 aliphatic heterocycles. The third kappa shape index (κ3) is 4.38. The fourth-order valence-corrected chi connectivity index (χ4v) is 2.04. The predicted molar refractivity (Wildman–Crippen MR) is 84.4 cm³/mol. The summed E-state index contributed by atoms with van der Waals surface area (Å²) < 4.78 is 11.3. The van der Waals surface area contributed by atoms with E-state index in [1.807, 2.05) is 24.3 Å². The molecule has 0 unspecified atom stereocenters. The molecule has 0 bridgehead atoms. The van der Waals surface area contributed by atoms with Gasteiger partial charge in [-0.2, -0.15) is 0 Å². The van der Waals surface area contributed by atoms with Gasteiger partial charge in [0.1, 0.15) is 17.2 Å². The number of hydrogen-bond donors (Lipinski definition) is 1. The first-order valence-corrected chi connectivity index (χ1v) is 7.36. The van der Waals surface area contributed by atoms with Gasteiger partial charge in [-0.05, 0) is 55.3 Å². The number of aliphatic hydroxyl groups is 1. The Morgan fingerprint density at radius 1 is 1.10 bits per heavy atom. The first-order chi connectivity index (χ1) is 10.1. The Labute approximate surface area is 130 Å². The van der Waals surface area contributed by atoms with E-state index in [4.69, 9.17) is 21.1 Å². The Bertz CT molecular complexity index is 579. The van der Waals surface area contributed by atoms with Crippen molar-refractivity contribution >= 4 is 11.6 Å². The number of rotatable bonds is 6. The maximum atomic E-state index is 9.52. The molecule has 1 N–H and O–H groups in total. The Kier molecular flexibility index (Phi) is 5.48. The highest BCUT2D eigenvalue weighted by atomic mass is 35.5. The van der Waals surface area contributed by atoms with E-state index in [0.717, 1.165) is 17.7 Å². The molecule has 0 aliphatic rings. The van der Waals surface area contributed by atoms with Gasteiger partial charge in [-0.1, -0.05) is 24.6 Å². The minimum Gasteiger partial charge on any atom is -0.494 e. The highest BCUT2D eigenvalue weighted by molar-refractivity contribution is 6.32. The first kappa shape index (κ1) is 15.7. The molecule has 4 heteroatoms. The molecule has 3 nitrogen and oxygen atoms in total. The van der Waals surface area contributed by atoms with Gasteiger partial charge in [0.25, 0.3) is 0 Å². The summed E-state index contributed by atoms with van der Waals surface area (Å²) in [4.78, 5) is 0. The summed E-state index contributed by atoms with van der Waals surface area (Å²) in [5, 5.41) is 9.99. The highest BCUT2D eigenvalue weighted by Gasteiger charge is 2.07. The average Bonchev–Trinajstić information content (AvgIpc) is 2.48. The molecular weight excluding hydrogens is 288 g/mol. The quantitative estimate of drug-likeness (QED) is 0.818. The number of hydrogen-bond acceptors (Lipinski definition) is 3. The lowest BCUT2D eigenvalue weighted by Crippen LogP contribution is -1.95. The molecule has 0 saturated carbocycles. The van der Waals surface area contributed by atoms with Crippen molar-refractivity contribution in [2.24, 2.45) is 0 Å². The lowest BCUT2D eigenvalue weighted by atomic mass is 10.1. The van der Waals surface area contributed by atoms with Crippen LogP contribution < -0.4 is 9.47 Å². The van der Waals surface area contributed by atoms with Crippen LogP contribution in [0.1, 0.15) is 31.9 Å². The van der Waals surface area contributed by atoms with Crippen LogP contribution in [-0.4, -0.2) is 11.7 Å². The molecular formula is C17H19ClO3. The van der Waals surface area contributed by atoms with E-state index < -0.39 is 6.10 Å². The second kappa shape index (κ2) is 7.34. The van der Waals surface area contributed by atoms with Crippen molar-refractivity contribution < 1.29 is 14.6 Å². The topological polar surface area (TPSA) is 38.7 Å². The third-order valence-corrected chi connectivity index (χ3v) is 3.26. The molecule has 21 heavy (non-hydrogen) atoms. The van der Waals surface area contributed by atoms with Crippen LogP contribution >= 0.6 is 11.6 Å². The van der Waals surface area contributed by atoms with Crippen LogP contribution in [0.3, 0.4) is 0 Å². The summed E-state index contributed by atoms with van der Waals surface area (Å²) in [6, 6.07) is 12.7. The largest absolute Gasteiger partial charge is 0.494 e. The van der Waals surface area contributed by atoms with Crippen molar-refractivity contribution in [2.75, 3.05) is 6.61 Å². The van der Waals surface area contributed by atoms with Gasteiger partial charge >= 0.3 is 0 Å². The lowest BCUT2D eigenvalue weighted by Gasteiger charge is -2.11. The smallest absolute Gasteiger partial charge is 0.146 e. The Hall–Kier alpha value is -1.71. The lowest BCUT2D eigenvalue weighted by molar-refractivity contribution is 0.199. The van der Waals surface area contributed by atoms with Crippen molar-refractivity contribution in [2.45, 2.75) is 26.4 Å². The van der Waals surface area contributed by atoms with Gasteiger partial charge in [0.05, 0.1) is 17.7 Å². The number of benzene rings is 2. The predicted octanol–water partition coefficient (Wildman–Crippen LogP) is 4.97. The zero-order valence-corrected chi connectivity index (χ0v) is 12.9. The fraction of sp³-hybridized carbons (Fsp3) is 0.294. The number of halogens is 1. The van der Waals surface area contributed by atoms with Crippen LogP contribution in [0.4, 0.5) is 0 Å². The van der Waals surface area contributed by atoms with Crippen LogP contribution in [0.15, 0.2) is 42.5 Å². The first-order valence-electron chi connectivity index (χ1n) is 6.98. The molecule has 112 valence electrons. The molecule has 0 saturated heterocycles. The van der Waals surface area contributed by atoms with Gasteiger partial charge in [-0.25, -0.2) is 0 Å². The van der Waals surface area contributed by atoms with E-state index in [1.165, 1.54) is 0 Å². The molecule has 0 aromatic heterocycles. The Morgan fingerprint density at radius 2 is 1.76 bits per heavy atom. The van der Waals surface area contributed by atoms with E-state index in [2.05, 4.69) is 6.92 Å². The Balaban J connectivity index is 2.07. The number of ether oxygens (including phenoxy) is 2. The summed E-state index contributed by atoms with van der Waals surface area (Å²) in [5.74, 6) is 2.06. The SMILES string of the molecule is CCCOc1ccc(Oc2ccc([C@H](C)O)cc2Cl)cc1. The molecule has 2 rings (SSSR count). The second-order valence-corrected chi connectivity index (χ2v) is 5.19. The third-order valence-electron chi connectivity index (χ3n) is 2.96. The summed E-state index contributed by atoms with van der Waals surface area (Å²) in [6.07, 6.45) is 0.426. The molecule has 2 aromatic rings. The number of aliphatic hydroxyl groups excluding tert-OH is 1. The summed E-state index contributed by atoms with van der Waals surface area (Å²) in [5.41, 5.74) is 0.760. The normalized spacial score (nSPS) is 12.0. The van der Waals surface area contributed by atoms with Crippen LogP contribution in [0.2, 0.25) is 5.02 Å². The molecule has 0 heterocycles. The molecule has 0 fully saturated rings. The van der Waals surface area contributed by atoms with Crippen LogP contribution in [-0.2, 0) is 0 Å². The fourth-order valence-electron chi connectivity index (χ4n) is 1.81. The molecule has 0 radical (unpaired) electrons. The van der Waals surface area contributed by atoms with Crippen molar-refractivity contribution in [1.82, 2.24) is 0 Å². The monoisotopic (exact) mass is 306 g/mol. The van der Waals surface area contributed by atoms with Gasteiger partial charge in [-0.3, -0.25) is 0 Å². The summed E-state index contributed by atoms with van der Waals surface area (Å²) in [7, 11) is 0. The molecule has 1 atom stereocenters. The van der Waals surface area contributed by atoms with E-state index in [1.54, 1.807) is 25.1 Å². The Morgan fingerprint density at radius 3 is 2.33 bits per heavy atom. The minimum atomic E-state index is -0.549. The van der Waals surface area contributed by atoms with E-state index in [-0.39, 0.29) is 0 Å². The van der Waals surface area contributed by atoms with E-state index in [9.17, 15) is 5.11 Å². The summed E-state index contributed by atoms with van der Waals surface area (Å²) in [6.45, 7) is 4.46. The van der Waals surface area contributed by atoms with Crippen LogP contribution in [0, 0.1) is 0 Å². The van der Waals surface area contributed by atoms with Gasteiger partial charge in [0.15, 0.2) is 0 Å². The highest BCUT2D eigenvalue weighted by Crippen LogP contribution is 2.32. The van der Waals surface area contributed by atoms with Crippen molar-refractivity contribution in [3.63, 3.8) is 0 Å². The molecule has 0 aliphatic carbocycles.